The molecule has 0 saturated heterocycles. The first-order valence-electron chi connectivity index (χ1n) is 8.82. The van der Waals surface area contributed by atoms with Crippen molar-refractivity contribution in [2.24, 2.45) is 0 Å². The number of nitrogens with zero attached hydrogens (tertiary/aromatic N) is 2. The summed E-state index contributed by atoms with van der Waals surface area (Å²) in [5, 5.41) is 4.70. The Morgan fingerprint density at radius 3 is 2.67 bits per heavy atom. The highest BCUT2D eigenvalue weighted by Gasteiger charge is 2.19. The third kappa shape index (κ3) is 4.06. The van der Waals surface area contributed by atoms with E-state index in [9.17, 15) is 9.59 Å². The molecule has 1 atom stereocenters. The normalized spacial score (nSPS) is 11.8. The number of carbonyl (C=O) groups is 2. The summed E-state index contributed by atoms with van der Waals surface area (Å²) >= 11 is 0. The Balaban J connectivity index is 0.00000261. The van der Waals surface area contributed by atoms with Crippen LogP contribution in [0.1, 0.15) is 37.2 Å². The van der Waals surface area contributed by atoms with Gasteiger partial charge in [-0.05, 0) is 25.5 Å². The summed E-state index contributed by atoms with van der Waals surface area (Å²) in [5.41, 5.74) is 2.43. The van der Waals surface area contributed by atoms with Crippen LogP contribution in [-0.2, 0) is 16.1 Å². The first-order valence-corrected chi connectivity index (χ1v) is 8.82. The number of methoxy groups -OCH3 is 1. The number of amides is 1. The summed E-state index contributed by atoms with van der Waals surface area (Å²) in [5.74, 6) is -0.884. The lowest BCUT2D eigenvalue weighted by Gasteiger charge is -2.11. The van der Waals surface area contributed by atoms with Gasteiger partial charge in [0.05, 0.1) is 18.8 Å². The van der Waals surface area contributed by atoms with Crippen LogP contribution in [0.3, 0.4) is 0 Å². The SMILES string of the molecule is CCCCn1c2ccccc2c2cc(C(=O)N[C@@H](C)C(=O)OC)ncc21.Cl. The predicted octanol–water partition coefficient (Wildman–Crippen LogP) is 3.70. The Morgan fingerprint density at radius 2 is 1.96 bits per heavy atom. The number of pyridine rings is 1. The van der Waals surface area contributed by atoms with Crippen molar-refractivity contribution < 1.29 is 14.3 Å². The van der Waals surface area contributed by atoms with Crippen molar-refractivity contribution in [3.05, 3.63) is 42.2 Å². The number of nitrogens with one attached hydrogen (secondary N) is 1. The molecular formula is C20H24ClN3O3. The molecule has 1 amide bonds. The molecule has 2 heterocycles. The van der Waals surface area contributed by atoms with Crippen LogP contribution in [0.2, 0.25) is 0 Å². The number of fused-ring (bicyclic) bond motifs is 3. The Labute approximate surface area is 164 Å². The molecule has 0 aliphatic heterocycles. The van der Waals surface area contributed by atoms with Gasteiger partial charge in [-0.25, -0.2) is 9.78 Å². The van der Waals surface area contributed by atoms with E-state index in [0.29, 0.717) is 0 Å². The van der Waals surface area contributed by atoms with Crippen LogP contribution in [0.25, 0.3) is 21.8 Å². The fourth-order valence-corrected chi connectivity index (χ4v) is 3.13. The molecule has 0 radical (unpaired) electrons. The maximum atomic E-state index is 12.4. The molecule has 0 aliphatic rings. The molecule has 1 aromatic carbocycles. The van der Waals surface area contributed by atoms with Crippen LogP contribution in [0.15, 0.2) is 36.5 Å². The number of hydrogen-bond acceptors (Lipinski definition) is 4. The molecule has 0 unspecified atom stereocenters. The highest BCUT2D eigenvalue weighted by atomic mass is 35.5. The van der Waals surface area contributed by atoms with Crippen LogP contribution in [0.4, 0.5) is 0 Å². The van der Waals surface area contributed by atoms with Crippen molar-refractivity contribution in [2.75, 3.05) is 7.11 Å². The van der Waals surface area contributed by atoms with Crippen molar-refractivity contribution in [1.29, 1.82) is 0 Å². The molecule has 2 aromatic heterocycles. The topological polar surface area (TPSA) is 73.2 Å². The van der Waals surface area contributed by atoms with E-state index in [1.54, 1.807) is 19.2 Å². The first kappa shape index (κ1) is 20.7. The molecule has 3 rings (SSSR count). The van der Waals surface area contributed by atoms with E-state index in [-0.39, 0.29) is 18.1 Å². The van der Waals surface area contributed by atoms with E-state index >= 15 is 0 Å². The van der Waals surface area contributed by atoms with Crippen LogP contribution in [-0.4, -0.2) is 34.6 Å². The number of para-hydroxylation sites is 1. The van der Waals surface area contributed by atoms with Gasteiger partial charge in [-0.2, -0.15) is 0 Å². The maximum absolute atomic E-state index is 12.4. The van der Waals surface area contributed by atoms with Crippen LogP contribution < -0.4 is 5.32 Å². The fraction of sp³-hybridized carbons (Fsp3) is 0.350. The standard InChI is InChI=1S/C20H23N3O3.ClH/c1-4-5-10-23-17-9-7-6-8-14(17)15-11-16(21-12-18(15)23)19(24)22-13(2)20(25)26-3;/h6-9,11-13H,4-5,10H2,1-3H3,(H,22,24);1H/t13-;/m0./s1. The molecule has 144 valence electrons. The number of unbranched alkanes of at least 4 members (excludes halogenated alkanes) is 1. The zero-order valence-corrected chi connectivity index (χ0v) is 16.5. The summed E-state index contributed by atoms with van der Waals surface area (Å²) in [6.45, 7) is 4.66. The molecule has 1 N–H and O–H groups in total. The average Bonchev–Trinajstić information content (AvgIpc) is 2.98. The maximum Gasteiger partial charge on any atom is 0.328 e. The fourth-order valence-electron chi connectivity index (χ4n) is 3.13. The molecule has 0 saturated carbocycles. The first-order chi connectivity index (χ1) is 12.6. The van der Waals surface area contributed by atoms with E-state index in [1.165, 1.54) is 7.11 Å². The number of aryl methyl sites for hydroxylation is 1. The van der Waals surface area contributed by atoms with Crippen LogP contribution in [0.5, 0.6) is 0 Å². The van der Waals surface area contributed by atoms with Crippen molar-refractivity contribution in [3.63, 3.8) is 0 Å². The average molecular weight is 390 g/mol. The number of carbonyl (C=O) groups excluding carboxylic acids is 2. The smallest absolute Gasteiger partial charge is 0.328 e. The van der Waals surface area contributed by atoms with Gasteiger partial charge in [-0.15, -0.1) is 12.4 Å². The molecule has 0 spiro atoms. The lowest BCUT2D eigenvalue weighted by molar-refractivity contribution is -0.142. The third-order valence-electron chi connectivity index (χ3n) is 4.53. The van der Waals surface area contributed by atoms with Gasteiger partial charge in [-0.3, -0.25) is 4.79 Å². The van der Waals surface area contributed by atoms with Crippen LogP contribution in [0, 0.1) is 0 Å². The molecular weight excluding hydrogens is 366 g/mol. The van der Waals surface area contributed by atoms with E-state index in [1.807, 2.05) is 12.1 Å². The van der Waals surface area contributed by atoms with Gasteiger partial charge < -0.3 is 14.6 Å². The Hall–Kier alpha value is -2.60. The van der Waals surface area contributed by atoms with E-state index < -0.39 is 17.9 Å². The molecule has 0 aliphatic carbocycles. The van der Waals surface area contributed by atoms with Gasteiger partial charge in [0, 0.05) is 22.8 Å². The van der Waals surface area contributed by atoms with Gasteiger partial charge in [0.1, 0.15) is 11.7 Å². The Kier molecular flexibility index (Phi) is 6.80. The largest absolute Gasteiger partial charge is 0.467 e. The van der Waals surface area contributed by atoms with Gasteiger partial charge >= 0.3 is 5.97 Å². The van der Waals surface area contributed by atoms with Crippen molar-refractivity contribution in [3.8, 4) is 0 Å². The molecule has 0 bridgehead atoms. The molecule has 27 heavy (non-hydrogen) atoms. The quantitative estimate of drug-likeness (QED) is 0.652. The number of halogens is 1. The number of benzene rings is 1. The zero-order chi connectivity index (χ0) is 18.7. The minimum Gasteiger partial charge on any atom is -0.467 e. The lowest BCUT2D eigenvalue weighted by atomic mass is 10.1. The minimum absolute atomic E-state index is 0. The monoisotopic (exact) mass is 389 g/mol. The zero-order valence-electron chi connectivity index (χ0n) is 15.7. The summed E-state index contributed by atoms with van der Waals surface area (Å²) in [6.07, 6.45) is 3.92. The van der Waals surface area contributed by atoms with Gasteiger partial charge in [0.15, 0.2) is 0 Å². The van der Waals surface area contributed by atoms with Gasteiger partial charge in [-0.1, -0.05) is 31.5 Å². The highest BCUT2D eigenvalue weighted by molar-refractivity contribution is 6.10. The van der Waals surface area contributed by atoms with E-state index in [2.05, 4.69) is 38.7 Å². The predicted molar refractivity (Wildman–Crippen MR) is 108 cm³/mol. The summed E-state index contributed by atoms with van der Waals surface area (Å²) in [6, 6.07) is 9.22. The number of rotatable bonds is 6. The second-order valence-electron chi connectivity index (χ2n) is 6.33. The second-order valence-corrected chi connectivity index (χ2v) is 6.33. The number of hydrogen-bond donors (Lipinski definition) is 1. The van der Waals surface area contributed by atoms with Crippen LogP contribution >= 0.6 is 12.4 Å². The summed E-state index contributed by atoms with van der Waals surface area (Å²) in [4.78, 5) is 28.3. The highest BCUT2D eigenvalue weighted by Crippen LogP contribution is 2.29. The number of esters is 1. The molecule has 6 nitrogen and oxygen atoms in total. The van der Waals surface area contributed by atoms with E-state index in [0.717, 1.165) is 41.2 Å². The number of aromatic nitrogens is 2. The summed E-state index contributed by atoms with van der Waals surface area (Å²) < 4.78 is 6.89. The minimum atomic E-state index is -0.726. The third-order valence-corrected chi connectivity index (χ3v) is 4.53. The van der Waals surface area contributed by atoms with Crippen molar-refractivity contribution >= 4 is 46.1 Å². The van der Waals surface area contributed by atoms with Gasteiger partial charge in [0.2, 0.25) is 0 Å². The lowest BCUT2D eigenvalue weighted by Crippen LogP contribution is -2.39. The van der Waals surface area contributed by atoms with Crippen molar-refractivity contribution in [2.45, 2.75) is 39.3 Å². The molecule has 3 aromatic rings. The van der Waals surface area contributed by atoms with Gasteiger partial charge in [0.25, 0.3) is 5.91 Å². The number of ether oxygens (including phenoxy) is 1. The Bertz CT molecular complexity index is 968. The summed E-state index contributed by atoms with van der Waals surface area (Å²) in [7, 11) is 1.29. The molecule has 7 heteroatoms. The van der Waals surface area contributed by atoms with Crippen molar-refractivity contribution in [1.82, 2.24) is 14.9 Å². The van der Waals surface area contributed by atoms with E-state index in [4.69, 9.17) is 0 Å². The molecule has 0 fully saturated rings. The second kappa shape index (κ2) is 8.86. The Morgan fingerprint density at radius 1 is 1.22 bits per heavy atom.